The SMILES string of the molecule is CNC(=O)c1c(C)cccc1NC(=O)COc1cc(C)c(Cl)cc1C(C)C. The molecule has 2 amide bonds. The second kappa shape index (κ2) is 8.91. The molecule has 0 aliphatic carbocycles. The Bertz CT molecular complexity index is 863. The number of ether oxygens (including phenoxy) is 1. The van der Waals surface area contributed by atoms with Crippen LogP contribution in [-0.2, 0) is 4.79 Å². The molecule has 0 saturated heterocycles. The first kappa shape index (κ1) is 20.8. The molecule has 0 saturated carbocycles. The van der Waals surface area contributed by atoms with Crippen LogP contribution in [0.4, 0.5) is 5.69 Å². The number of carbonyl (C=O) groups is 2. The van der Waals surface area contributed by atoms with Crippen LogP contribution in [0.25, 0.3) is 0 Å². The molecular formula is C21H25ClN2O3. The highest BCUT2D eigenvalue weighted by Crippen LogP contribution is 2.32. The summed E-state index contributed by atoms with van der Waals surface area (Å²) in [5, 5.41) is 6.02. The lowest BCUT2D eigenvalue weighted by Gasteiger charge is -2.16. The molecule has 5 nitrogen and oxygen atoms in total. The molecule has 2 aromatic carbocycles. The van der Waals surface area contributed by atoms with Crippen molar-refractivity contribution in [1.29, 1.82) is 0 Å². The molecule has 0 aromatic heterocycles. The van der Waals surface area contributed by atoms with Crippen molar-refractivity contribution < 1.29 is 14.3 Å². The van der Waals surface area contributed by atoms with Crippen LogP contribution in [0.5, 0.6) is 5.75 Å². The Morgan fingerprint density at radius 3 is 2.48 bits per heavy atom. The van der Waals surface area contributed by atoms with E-state index in [1.54, 1.807) is 19.2 Å². The van der Waals surface area contributed by atoms with Gasteiger partial charge < -0.3 is 15.4 Å². The van der Waals surface area contributed by atoms with E-state index in [4.69, 9.17) is 16.3 Å². The molecule has 0 bridgehead atoms. The fourth-order valence-corrected chi connectivity index (χ4v) is 2.95. The standard InChI is InChI=1S/C21H25ClN2O3/c1-12(2)15-10-16(22)14(4)9-18(15)27-11-19(25)24-17-8-6-7-13(3)20(17)21(26)23-5/h6-10,12H,11H2,1-5H3,(H,23,26)(H,24,25). The lowest BCUT2D eigenvalue weighted by atomic mass is 10.0. The normalized spacial score (nSPS) is 10.6. The van der Waals surface area contributed by atoms with Crippen molar-refractivity contribution in [2.45, 2.75) is 33.6 Å². The molecule has 0 aliphatic heterocycles. The smallest absolute Gasteiger partial charge is 0.262 e. The first-order valence-electron chi connectivity index (χ1n) is 8.79. The van der Waals surface area contributed by atoms with Crippen LogP contribution in [0, 0.1) is 13.8 Å². The van der Waals surface area contributed by atoms with E-state index in [2.05, 4.69) is 10.6 Å². The third-order valence-electron chi connectivity index (χ3n) is 4.27. The maximum atomic E-state index is 12.4. The van der Waals surface area contributed by atoms with E-state index < -0.39 is 0 Å². The summed E-state index contributed by atoms with van der Waals surface area (Å²) in [7, 11) is 1.56. The van der Waals surface area contributed by atoms with Crippen LogP contribution in [-0.4, -0.2) is 25.5 Å². The van der Waals surface area contributed by atoms with Gasteiger partial charge in [-0.3, -0.25) is 9.59 Å². The summed E-state index contributed by atoms with van der Waals surface area (Å²) in [5.41, 5.74) is 3.51. The van der Waals surface area contributed by atoms with E-state index in [0.717, 1.165) is 16.7 Å². The zero-order valence-corrected chi connectivity index (χ0v) is 17.0. The van der Waals surface area contributed by atoms with E-state index >= 15 is 0 Å². The predicted octanol–water partition coefficient (Wildman–Crippen LogP) is 4.46. The van der Waals surface area contributed by atoms with E-state index in [1.807, 2.05) is 45.9 Å². The molecule has 27 heavy (non-hydrogen) atoms. The monoisotopic (exact) mass is 388 g/mol. The van der Waals surface area contributed by atoms with Gasteiger partial charge in [0.15, 0.2) is 6.61 Å². The predicted molar refractivity (Wildman–Crippen MR) is 109 cm³/mol. The fraction of sp³-hybridized carbons (Fsp3) is 0.333. The molecule has 2 N–H and O–H groups in total. The number of hydrogen-bond donors (Lipinski definition) is 2. The number of carbonyl (C=O) groups excluding carboxylic acids is 2. The van der Waals surface area contributed by atoms with Crippen molar-refractivity contribution in [3.8, 4) is 5.75 Å². The molecule has 0 spiro atoms. The number of nitrogens with one attached hydrogen (secondary N) is 2. The van der Waals surface area contributed by atoms with Gasteiger partial charge in [-0.15, -0.1) is 0 Å². The van der Waals surface area contributed by atoms with E-state index in [0.29, 0.717) is 22.0 Å². The lowest BCUT2D eigenvalue weighted by molar-refractivity contribution is -0.118. The van der Waals surface area contributed by atoms with Gasteiger partial charge in [-0.2, -0.15) is 0 Å². The summed E-state index contributed by atoms with van der Waals surface area (Å²) in [6.07, 6.45) is 0. The minimum atomic E-state index is -0.340. The summed E-state index contributed by atoms with van der Waals surface area (Å²) in [6.45, 7) is 7.62. The molecule has 6 heteroatoms. The summed E-state index contributed by atoms with van der Waals surface area (Å²) in [5.74, 6) is 0.253. The second-order valence-electron chi connectivity index (χ2n) is 6.71. The van der Waals surface area contributed by atoms with E-state index in [9.17, 15) is 9.59 Å². The minimum absolute atomic E-state index is 0.165. The number of aryl methyl sites for hydroxylation is 2. The van der Waals surface area contributed by atoms with Gasteiger partial charge in [0, 0.05) is 12.1 Å². The molecule has 2 aromatic rings. The van der Waals surface area contributed by atoms with Crippen molar-refractivity contribution in [3.63, 3.8) is 0 Å². The molecule has 0 fully saturated rings. The molecule has 0 unspecified atom stereocenters. The van der Waals surface area contributed by atoms with Crippen LogP contribution in [0.3, 0.4) is 0 Å². The topological polar surface area (TPSA) is 67.4 Å². The van der Waals surface area contributed by atoms with Crippen molar-refractivity contribution in [2.24, 2.45) is 0 Å². The Kier molecular flexibility index (Phi) is 6.86. The van der Waals surface area contributed by atoms with Gasteiger partial charge in [0.25, 0.3) is 11.8 Å². The number of benzene rings is 2. The molecule has 0 aliphatic rings. The Morgan fingerprint density at radius 1 is 1.15 bits per heavy atom. The number of amides is 2. The number of halogens is 1. The highest BCUT2D eigenvalue weighted by atomic mass is 35.5. The molecule has 144 valence electrons. The van der Waals surface area contributed by atoms with Crippen LogP contribution < -0.4 is 15.4 Å². The van der Waals surface area contributed by atoms with Crippen molar-refractivity contribution >= 4 is 29.1 Å². The second-order valence-corrected chi connectivity index (χ2v) is 7.11. The number of anilines is 1. The van der Waals surface area contributed by atoms with Gasteiger partial charge in [-0.05, 0) is 54.7 Å². The maximum Gasteiger partial charge on any atom is 0.262 e. The maximum absolute atomic E-state index is 12.4. The highest BCUT2D eigenvalue weighted by Gasteiger charge is 2.16. The quantitative estimate of drug-likeness (QED) is 0.767. The van der Waals surface area contributed by atoms with Gasteiger partial charge in [0.05, 0.1) is 11.3 Å². The highest BCUT2D eigenvalue weighted by molar-refractivity contribution is 6.31. The third-order valence-corrected chi connectivity index (χ3v) is 4.68. The van der Waals surface area contributed by atoms with E-state index in [-0.39, 0.29) is 24.3 Å². The largest absolute Gasteiger partial charge is 0.483 e. The van der Waals surface area contributed by atoms with Crippen LogP contribution in [0.15, 0.2) is 30.3 Å². The number of hydrogen-bond acceptors (Lipinski definition) is 3. The number of rotatable bonds is 6. The molecule has 0 heterocycles. The van der Waals surface area contributed by atoms with Gasteiger partial charge >= 0.3 is 0 Å². The zero-order valence-electron chi connectivity index (χ0n) is 16.3. The lowest BCUT2D eigenvalue weighted by Crippen LogP contribution is -2.25. The Balaban J connectivity index is 2.16. The summed E-state index contributed by atoms with van der Waals surface area (Å²) < 4.78 is 5.75. The molecule has 2 rings (SSSR count). The van der Waals surface area contributed by atoms with Crippen molar-refractivity contribution in [2.75, 3.05) is 19.0 Å². The molecule has 0 radical (unpaired) electrons. The van der Waals surface area contributed by atoms with Crippen LogP contribution in [0.2, 0.25) is 5.02 Å². The van der Waals surface area contributed by atoms with Crippen LogP contribution in [0.1, 0.15) is 46.8 Å². The Hall–Kier alpha value is -2.53. The van der Waals surface area contributed by atoms with Gasteiger partial charge in [0.2, 0.25) is 0 Å². The molecule has 0 atom stereocenters. The third kappa shape index (κ3) is 5.01. The Morgan fingerprint density at radius 2 is 1.85 bits per heavy atom. The van der Waals surface area contributed by atoms with Gasteiger partial charge in [-0.25, -0.2) is 0 Å². The zero-order chi connectivity index (χ0) is 20.1. The van der Waals surface area contributed by atoms with E-state index in [1.165, 1.54) is 0 Å². The minimum Gasteiger partial charge on any atom is -0.483 e. The van der Waals surface area contributed by atoms with Crippen molar-refractivity contribution in [3.05, 3.63) is 57.6 Å². The summed E-state index contributed by atoms with van der Waals surface area (Å²) in [4.78, 5) is 24.5. The fourth-order valence-electron chi connectivity index (χ4n) is 2.77. The summed E-state index contributed by atoms with van der Waals surface area (Å²) in [6, 6.07) is 9.02. The van der Waals surface area contributed by atoms with Gasteiger partial charge in [0.1, 0.15) is 5.75 Å². The average molecular weight is 389 g/mol. The summed E-state index contributed by atoms with van der Waals surface area (Å²) >= 11 is 6.20. The van der Waals surface area contributed by atoms with Gasteiger partial charge in [-0.1, -0.05) is 37.6 Å². The molecular weight excluding hydrogens is 364 g/mol. The van der Waals surface area contributed by atoms with Crippen molar-refractivity contribution in [1.82, 2.24) is 5.32 Å². The average Bonchev–Trinajstić information content (AvgIpc) is 2.61. The Labute approximate surface area is 165 Å². The van der Waals surface area contributed by atoms with Crippen LogP contribution >= 0.6 is 11.6 Å². The first-order chi connectivity index (χ1) is 12.7. The first-order valence-corrected chi connectivity index (χ1v) is 9.16.